The second-order valence-corrected chi connectivity index (χ2v) is 4.30. The SMILES string of the molecule is Cc1cc(OCC(=O)NCC(=O)N(C)O)ccc1Cl. The number of benzene rings is 1. The molecule has 0 bridgehead atoms. The summed E-state index contributed by atoms with van der Waals surface area (Å²) in [5, 5.41) is 12.1. The number of nitrogens with zero attached hydrogens (tertiary/aromatic N) is 1. The number of halogens is 1. The van der Waals surface area contributed by atoms with Gasteiger partial charge in [0.1, 0.15) is 5.75 Å². The Morgan fingerprint density at radius 1 is 1.47 bits per heavy atom. The molecule has 0 spiro atoms. The van der Waals surface area contributed by atoms with Gasteiger partial charge in [-0.2, -0.15) is 0 Å². The Hall–Kier alpha value is -1.79. The van der Waals surface area contributed by atoms with Gasteiger partial charge in [0, 0.05) is 12.1 Å². The molecule has 2 N–H and O–H groups in total. The highest BCUT2D eigenvalue weighted by Crippen LogP contribution is 2.20. The molecule has 0 saturated heterocycles. The third-order valence-electron chi connectivity index (χ3n) is 2.30. The first-order valence-electron chi connectivity index (χ1n) is 5.51. The third kappa shape index (κ3) is 5.15. The van der Waals surface area contributed by atoms with E-state index in [2.05, 4.69) is 5.32 Å². The topological polar surface area (TPSA) is 78.9 Å². The van der Waals surface area contributed by atoms with E-state index in [1.54, 1.807) is 18.2 Å². The van der Waals surface area contributed by atoms with Crippen molar-refractivity contribution in [3.63, 3.8) is 0 Å². The fourth-order valence-electron chi connectivity index (χ4n) is 1.20. The van der Waals surface area contributed by atoms with Gasteiger partial charge in [0.25, 0.3) is 11.8 Å². The van der Waals surface area contributed by atoms with Gasteiger partial charge in [-0.25, -0.2) is 5.06 Å². The zero-order valence-electron chi connectivity index (χ0n) is 10.6. The molecule has 19 heavy (non-hydrogen) atoms. The van der Waals surface area contributed by atoms with Crippen LogP contribution < -0.4 is 10.1 Å². The Morgan fingerprint density at radius 3 is 2.74 bits per heavy atom. The number of ether oxygens (including phenoxy) is 1. The van der Waals surface area contributed by atoms with Gasteiger partial charge in [0.05, 0.1) is 6.54 Å². The van der Waals surface area contributed by atoms with Crippen LogP contribution >= 0.6 is 11.6 Å². The summed E-state index contributed by atoms with van der Waals surface area (Å²) in [6, 6.07) is 5.03. The maximum atomic E-state index is 11.4. The van der Waals surface area contributed by atoms with Crippen LogP contribution in [0.4, 0.5) is 0 Å². The van der Waals surface area contributed by atoms with Crippen LogP contribution in [0.15, 0.2) is 18.2 Å². The van der Waals surface area contributed by atoms with Crippen LogP contribution in [0.3, 0.4) is 0 Å². The second-order valence-electron chi connectivity index (χ2n) is 3.89. The lowest BCUT2D eigenvalue weighted by molar-refractivity contribution is -0.158. The Kier molecular flexibility index (Phi) is 5.59. The quantitative estimate of drug-likeness (QED) is 0.625. The Labute approximate surface area is 115 Å². The number of hydrogen-bond donors (Lipinski definition) is 2. The highest BCUT2D eigenvalue weighted by Gasteiger charge is 2.09. The summed E-state index contributed by atoms with van der Waals surface area (Å²) in [5.74, 6) is -0.554. The minimum absolute atomic E-state index is 0.219. The van der Waals surface area contributed by atoms with Gasteiger partial charge in [0.2, 0.25) is 0 Å². The minimum atomic E-state index is -0.615. The molecule has 1 aromatic rings. The molecule has 0 heterocycles. The lowest BCUT2D eigenvalue weighted by Crippen LogP contribution is -2.38. The fraction of sp³-hybridized carbons (Fsp3) is 0.333. The van der Waals surface area contributed by atoms with Gasteiger partial charge in [-0.15, -0.1) is 0 Å². The van der Waals surface area contributed by atoms with E-state index in [1.807, 2.05) is 6.92 Å². The summed E-state index contributed by atoms with van der Waals surface area (Å²) in [6.45, 7) is 1.32. The van der Waals surface area contributed by atoms with Crippen molar-refractivity contribution in [2.45, 2.75) is 6.92 Å². The molecule has 0 fully saturated rings. The van der Waals surface area contributed by atoms with E-state index in [0.29, 0.717) is 15.8 Å². The van der Waals surface area contributed by atoms with Gasteiger partial charge >= 0.3 is 0 Å². The molecule has 0 radical (unpaired) electrons. The predicted molar refractivity (Wildman–Crippen MR) is 69.3 cm³/mol. The standard InChI is InChI=1S/C12H15ClN2O4/c1-8-5-9(3-4-10(8)13)19-7-11(16)14-6-12(17)15(2)18/h3-5,18H,6-7H2,1-2H3,(H,14,16). The van der Waals surface area contributed by atoms with E-state index in [0.717, 1.165) is 5.56 Å². The first kappa shape index (κ1) is 15.3. The first-order chi connectivity index (χ1) is 8.90. The molecule has 6 nitrogen and oxygen atoms in total. The van der Waals surface area contributed by atoms with Crippen LogP contribution in [0, 0.1) is 6.92 Å². The van der Waals surface area contributed by atoms with Gasteiger partial charge in [-0.3, -0.25) is 14.8 Å². The Bertz CT molecular complexity index is 477. The van der Waals surface area contributed by atoms with E-state index in [9.17, 15) is 9.59 Å². The molecular weight excluding hydrogens is 272 g/mol. The number of carbonyl (C=O) groups excluding carboxylic acids is 2. The number of carbonyl (C=O) groups is 2. The van der Waals surface area contributed by atoms with Gasteiger partial charge < -0.3 is 10.1 Å². The van der Waals surface area contributed by atoms with E-state index in [4.69, 9.17) is 21.5 Å². The smallest absolute Gasteiger partial charge is 0.265 e. The Balaban J connectivity index is 2.38. The monoisotopic (exact) mass is 286 g/mol. The van der Waals surface area contributed by atoms with E-state index in [1.165, 1.54) is 7.05 Å². The number of hydroxylamine groups is 2. The Morgan fingerprint density at radius 2 is 2.16 bits per heavy atom. The largest absolute Gasteiger partial charge is 0.484 e. The number of rotatable bonds is 5. The predicted octanol–water partition coefficient (Wildman–Crippen LogP) is 0.991. The van der Waals surface area contributed by atoms with Crippen LogP contribution in [0.2, 0.25) is 5.02 Å². The number of likely N-dealkylation sites (N-methyl/N-ethyl adjacent to an activating group) is 1. The average molecular weight is 287 g/mol. The van der Waals surface area contributed by atoms with Crippen molar-refractivity contribution >= 4 is 23.4 Å². The molecular formula is C12H15ClN2O4. The van der Waals surface area contributed by atoms with E-state index < -0.39 is 11.8 Å². The van der Waals surface area contributed by atoms with Crippen molar-refractivity contribution in [3.8, 4) is 5.75 Å². The second kappa shape index (κ2) is 6.96. The average Bonchev–Trinajstić information content (AvgIpc) is 2.37. The number of amides is 2. The molecule has 0 atom stereocenters. The molecule has 0 saturated carbocycles. The molecule has 1 rings (SSSR count). The van der Waals surface area contributed by atoms with E-state index in [-0.39, 0.29) is 13.2 Å². The van der Waals surface area contributed by atoms with E-state index >= 15 is 0 Å². The summed E-state index contributed by atoms with van der Waals surface area (Å²) >= 11 is 5.86. The maximum absolute atomic E-state index is 11.4. The number of nitrogens with one attached hydrogen (secondary N) is 1. The molecule has 0 aromatic heterocycles. The van der Waals surface area contributed by atoms with Crippen molar-refractivity contribution in [1.29, 1.82) is 0 Å². The van der Waals surface area contributed by atoms with Crippen molar-refractivity contribution in [1.82, 2.24) is 10.4 Å². The fourth-order valence-corrected chi connectivity index (χ4v) is 1.31. The molecule has 104 valence electrons. The normalized spacial score (nSPS) is 9.89. The van der Waals surface area contributed by atoms with Crippen molar-refractivity contribution in [2.75, 3.05) is 20.2 Å². The lowest BCUT2D eigenvalue weighted by Gasteiger charge is -2.10. The summed E-state index contributed by atoms with van der Waals surface area (Å²) in [5.41, 5.74) is 0.844. The van der Waals surface area contributed by atoms with Crippen LogP contribution in [-0.4, -0.2) is 42.3 Å². The zero-order valence-corrected chi connectivity index (χ0v) is 11.4. The molecule has 1 aromatic carbocycles. The van der Waals surface area contributed by atoms with Gasteiger partial charge in [0.15, 0.2) is 6.61 Å². The molecule has 0 unspecified atom stereocenters. The lowest BCUT2D eigenvalue weighted by atomic mass is 10.2. The van der Waals surface area contributed by atoms with Crippen molar-refractivity contribution < 1.29 is 19.5 Å². The summed E-state index contributed by atoms with van der Waals surface area (Å²) < 4.78 is 5.24. The minimum Gasteiger partial charge on any atom is -0.484 e. The van der Waals surface area contributed by atoms with Gasteiger partial charge in [-0.1, -0.05) is 11.6 Å². The third-order valence-corrected chi connectivity index (χ3v) is 2.72. The number of aryl methyl sites for hydroxylation is 1. The number of hydrogen-bond acceptors (Lipinski definition) is 4. The van der Waals surface area contributed by atoms with Crippen LogP contribution in [-0.2, 0) is 9.59 Å². The first-order valence-corrected chi connectivity index (χ1v) is 5.89. The van der Waals surface area contributed by atoms with Gasteiger partial charge in [-0.05, 0) is 30.7 Å². The zero-order chi connectivity index (χ0) is 14.4. The molecule has 0 aliphatic rings. The summed E-state index contributed by atoms with van der Waals surface area (Å²) in [6.07, 6.45) is 0. The molecule has 2 amide bonds. The highest BCUT2D eigenvalue weighted by atomic mass is 35.5. The van der Waals surface area contributed by atoms with Crippen molar-refractivity contribution in [3.05, 3.63) is 28.8 Å². The summed E-state index contributed by atoms with van der Waals surface area (Å²) in [7, 11) is 1.18. The molecule has 0 aliphatic carbocycles. The molecule has 0 aliphatic heterocycles. The van der Waals surface area contributed by atoms with Crippen molar-refractivity contribution in [2.24, 2.45) is 0 Å². The summed E-state index contributed by atoms with van der Waals surface area (Å²) in [4.78, 5) is 22.4. The van der Waals surface area contributed by atoms with Crippen LogP contribution in [0.1, 0.15) is 5.56 Å². The highest BCUT2D eigenvalue weighted by molar-refractivity contribution is 6.31. The molecule has 7 heteroatoms. The maximum Gasteiger partial charge on any atom is 0.265 e. The van der Waals surface area contributed by atoms with Crippen LogP contribution in [0.5, 0.6) is 5.75 Å². The van der Waals surface area contributed by atoms with Crippen LogP contribution in [0.25, 0.3) is 0 Å².